The van der Waals surface area contributed by atoms with Gasteiger partial charge in [-0.15, -0.1) is 0 Å². The minimum atomic E-state index is 0.895. The Morgan fingerprint density at radius 3 is 1.27 bits per heavy atom. The van der Waals surface area contributed by atoms with Gasteiger partial charge in [-0.3, -0.25) is 4.57 Å². The maximum atomic E-state index is 5.34. The highest BCUT2D eigenvalue weighted by molar-refractivity contribution is 6.12. The van der Waals surface area contributed by atoms with Gasteiger partial charge in [-0.1, -0.05) is 176 Å². The molecule has 12 rings (SSSR count). The van der Waals surface area contributed by atoms with Crippen LogP contribution in [-0.2, 0) is 0 Å². The largest absolute Gasteiger partial charge is 0.309 e. The van der Waals surface area contributed by atoms with Crippen molar-refractivity contribution in [2.24, 2.45) is 0 Å². The molecule has 62 heavy (non-hydrogen) atoms. The fourth-order valence-electron chi connectivity index (χ4n) is 9.32. The molecular weight excluding hydrogens is 751 g/mol. The normalized spacial score (nSPS) is 11.5. The van der Waals surface area contributed by atoms with Crippen molar-refractivity contribution in [2.45, 2.75) is 0 Å². The highest BCUT2D eigenvalue weighted by Gasteiger charge is 2.18. The number of pyridine rings is 1. The first-order chi connectivity index (χ1) is 30.7. The summed E-state index contributed by atoms with van der Waals surface area (Å²) in [7, 11) is 0. The summed E-state index contributed by atoms with van der Waals surface area (Å²) < 4.78 is 4.74. The lowest BCUT2D eigenvalue weighted by Crippen LogP contribution is -2.00. The summed E-state index contributed by atoms with van der Waals surface area (Å²) in [4.78, 5) is 5.34. The van der Waals surface area contributed by atoms with Crippen LogP contribution >= 0.6 is 0 Å². The summed E-state index contributed by atoms with van der Waals surface area (Å²) >= 11 is 0. The molecule has 0 bridgehead atoms. The van der Waals surface area contributed by atoms with Gasteiger partial charge in [0.25, 0.3) is 0 Å². The molecule has 3 aromatic heterocycles. The van der Waals surface area contributed by atoms with E-state index in [1.807, 2.05) is 0 Å². The molecule has 12 aromatic rings. The van der Waals surface area contributed by atoms with Crippen molar-refractivity contribution in [2.75, 3.05) is 0 Å². The Bertz CT molecular complexity index is 3540. The lowest BCUT2D eigenvalue weighted by Gasteiger charge is -2.13. The number of rotatable bonds is 7. The van der Waals surface area contributed by atoms with E-state index in [4.69, 9.17) is 4.98 Å². The van der Waals surface area contributed by atoms with Crippen LogP contribution in [0.4, 0.5) is 0 Å². The molecule has 3 heterocycles. The number of para-hydroxylation sites is 2. The van der Waals surface area contributed by atoms with Gasteiger partial charge in [0.05, 0.1) is 27.8 Å². The van der Waals surface area contributed by atoms with E-state index >= 15 is 0 Å². The molecule has 3 heteroatoms. The molecule has 0 N–H and O–H groups in total. The molecule has 0 aliphatic rings. The number of fused-ring (bicyclic) bond motifs is 6. The summed E-state index contributed by atoms with van der Waals surface area (Å²) in [5, 5.41) is 4.86. The van der Waals surface area contributed by atoms with Crippen LogP contribution in [0.25, 0.3) is 111 Å². The van der Waals surface area contributed by atoms with Crippen molar-refractivity contribution in [3.05, 3.63) is 237 Å². The average molecular weight is 790 g/mol. The Labute approximate surface area is 360 Å². The van der Waals surface area contributed by atoms with Crippen LogP contribution < -0.4 is 0 Å². The van der Waals surface area contributed by atoms with E-state index in [9.17, 15) is 0 Å². The van der Waals surface area contributed by atoms with Crippen LogP contribution in [0.2, 0.25) is 0 Å². The summed E-state index contributed by atoms with van der Waals surface area (Å²) in [6.07, 6.45) is 0. The van der Waals surface area contributed by atoms with Crippen LogP contribution in [0.15, 0.2) is 237 Å². The first kappa shape index (κ1) is 35.7. The number of benzene rings is 9. The zero-order valence-corrected chi connectivity index (χ0v) is 33.9. The molecule has 0 fully saturated rings. The minimum Gasteiger partial charge on any atom is -0.309 e. The minimum absolute atomic E-state index is 0.895. The highest BCUT2D eigenvalue weighted by atomic mass is 15.1. The monoisotopic (exact) mass is 789 g/mol. The molecule has 0 saturated heterocycles. The van der Waals surface area contributed by atoms with Crippen molar-refractivity contribution < 1.29 is 0 Å². The van der Waals surface area contributed by atoms with E-state index in [1.54, 1.807) is 0 Å². The second-order valence-corrected chi connectivity index (χ2v) is 16.0. The van der Waals surface area contributed by atoms with Crippen LogP contribution in [0.5, 0.6) is 0 Å². The Hall–Kier alpha value is -8.27. The van der Waals surface area contributed by atoms with E-state index in [2.05, 4.69) is 246 Å². The standard InChI is InChI=1S/C59H39N3/c1-4-15-40(16-5-1)42-27-29-43(30-28-42)45-21-14-22-49(35-45)61-55-25-12-10-23-50(55)52-36-46(31-33-57(52)61)47-32-34-58-53(37-47)51-24-11-13-26-56(51)62(58)59-39-48(41-17-6-2-7-18-41)38-54(60-59)44-19-8-3-9-20-44/h1-39H. The van der Waals surface area contributed by atoms with Gasteiger partial charge in [-0.05, 0) is 105 Å². The molecule has 0 saturated carbocycles. The van der Waals surface area contributed by atoms with Crippen LogP contribution in [0.1, 0.15) is 0 Å². The molecule has 290 valence electrons. The predicted molar refractivity (Wildman–Crippen MR) is 260 cm³/mol. The third kappa shape index (κ3) is 6.10. The van der Waals surface area contributed by atoms with Crippen LogP contribution in [0, 0.1) is 0 Å². The highest BCUT2D eigenvalue weighted by Crippen LogP contribution is 2.39. The van der Waals surface area contributed by atoms with Gasteiger partial charge in [0.1, 0.15) is 5.82 Å². The first-order valence-corrected chi connectivity index (χ1v) is 21.2. The first-order valence-electron chi connectivity index (χ1n) is 21.2. The molecule has 0 atom stereocenters. The van der Waals surface area contributed by atoms with Gasteiger partial charge in [0.15, 0.2) is 0 Å². The Kier molecular flexibility index (Phi) is 8.50. The van der Waals surface area contributed by atoms with E-state index in [1.165, 1.54) is 66.0 Å². The van der Waals surface area contributed by atoms with Gasteiger partial charge in [0, 0.05) is 32.8 Å². The van der Waals surface area contributed by atoms with Gasteiger partial charge in [0.2, 0.25) is 0 Å². The fraction of sp³-hybridized carbons (Fsp3) is 0. The van der Waals surface area contributed by atoms with Crippen molar-refractivity contribution >= 4 is 43.6 Å². The third-order valence-corrected chi connectivity index (χ3v) is 12.3. The zero-order valence-electron chi connectivity index (χ0n) is 33.9. The van der Waals surface area contributed by atoms with Gasteiger partial charge in [-0.25, -0.2) is 4.98 Å². The SMILES string of the molecule is c1ccc(-c2ccc(-c3cccc(-n4c5ccccc5c5cc(-c6ccc7c(c6)c6ccccc6n7-c6cc(-c7ccccc7)cc(-c7ccccc7)n6)ccc54)c3)cc2)cc1. The van der Waals surface area contributed by atoms with Crippen LogP contribution in [0.3, 0.4) is 0 Å². The molecular formula is C59H39N3. The number of aromatic nitrogens is 3. The number of hydrogen-bond acceptors (Lipinski definition) is 1. The van der Waals surface area contributed by atoms with E-state index in [0.717, 1.165) is 44.9 Å². The molecule has 0 aliphatic carbocycles. The molecule has 9 aromatic carbocycles. The molecule has 0 spiro atoms. The summed E-state index contributed by atoms with van der Waals surface area (Å²) in [5.41, 5.74) is 17.3. The zero-order chi connectivity index (χ0) is 41.0. The maximum Gasteiger partial charge on any atom is 0.138 e. The predicted octanol–water partition coefficient (Wildman–Crippen LogP) is 15.6. The Balaban J connectivity index is 0.968. The van der Waals surface area contributed by atoms with Crippen molar-refractivity contribution in [1.29, 1.82) is 0 Å². The summed E-state index contributed by atoms with van der Waals surface area (Å²) in [6.45, 7) is 0. The fourth-order valence-corrected chi connectivity index (χ4v) is 9.32. The van der Waals surface area contributed by atoms with Crippen molar-refractivity contribution in [3.8, 4) is 67.3 Å². The van der Waals surface area contributed by atoms with Crippen molar-refractivity contribution in [3.63, 3.8) is 0 Å². The van der Waals surface area contributed by atoms with Gasteiger partial charge < -0.3 is 4.57 Å². The van der Waals surface area contributed by atoms with E-state index in [0.29, 0.717) is 0 Å². The lowest BCUT2D eigenvalue weighted by atomic mass is 10.00. The number of nitrogens with zero attached hydrogens (tertiary/aromatic N) is 3. The molecule has 0 radical (unpaired) electrons. The quantitative estimate of drug-likeness (QED) is 0.158. The molecule has 3 nitrogen and oxygen atoms in total. The molecule has 0 aliphatic heterocycles. The van der Waals surface area contributed by atoms with E-state index < -0.39 is 0 Å². The number of hydrogen-bond donors (Lipinski definition) is 0. The third-order valence-electron chi connectivity index (χ3n) is 12.3. The Morgan fingerprint density at radius 1 is 0.242 bits per heavy atom. The lowest BCUT2D eigenvalue weighted by molar-refractivity contribution is 1.08. The smallest absolute Gasteiger partial charge is 0.138 e. The van der Waals surface area contributed by atoms with E-state index in [-0.39, 0.29) is 0 Å². The molecule has 0 unspecified atom stereocenters. The Morgan fingerprint density at radius 2 is 0.661 bits per heavy atom. The summed E-state index contributed by atoms with van der Waals surface area (Å²) in [5.74, 6) is 0.895. The average Bonchev–Trinajstić information content (AvgIpc) is 3.87. The second-order valence-electron chi connectivity index (χ2n) is 16.0. The topological polar surface area (TPSA) is 22.8 Å². The van der Waals surface area contributed by atoms with Gasteiger partial charge >= 0.3 is 0 Å². The van der Waals surface area contributed by atoms with Gasteiger partial charge in [-0.2, -0.15) is 0 Å². The molecule has 0 amide bonds. The van der Waals surface area contributed by atoms with Crippen LogP contribution in [-0.4, -0.2) is 14.1 Å². The summed E-state index contributed by atoms with van der Waals surface area (Å²) in [6, 6.07) is 85.2. The maximum absolute atomic E-state index is 5.34. The van der Waals surface area contributed by atoms with Crippen molar-refractivity contribution in [1.82, 2.24) is 14.1 Å². The second kappa shape index (κ2) is 14.8.